The van der Waals surface area contributed by atoms with Crippen molar-refractivity contribution in [3.8, 4) is 5.75 Å². The van der Waals surface area contributed by atoms with Crippen LogP contribution in [-0.2, 0) is 13.0 Å². The van der Waals surface area contributed by atoms with E-state index in [-0.39, 0.29) is 0 Å². The van der Waals surface area contributed by atoms with Crippen LogP contribution in [0.25, 0.3) is 0 Å². The molecule has 1 N–H and O–H groups in total. The molecule has 2 rings (SSSR count). The number of ether oxygens (including phenoxy) is 1. The summed E-state index contributed by atoms with van der Waals surface area (Å²) >= 11 is 11.9. The molecule has 0 aromatic heterocycles. The molecule has 1 unspecified atom stereocenters. The second kappa shape index (κ2) is 7.69. The number of hydrogen-bond acceptors (Lipinski definition) is 2. The van der Waals surface area contributed by atoms with Gasteiger partial charge in [0.2, 0.25) is 0 Å². The van der Waals surface area contributed by atoms with Gasteiger partial charge in [0.25, 0.3) is 0 Å². The van der Waals surface area contributed by atoms with Gasteiger partial charge in [0.1, 0.15) is 5.75 Å². The van der Waals surface area contributed by atoms with E-state index in [0.717, 1.165) is 34.3 Å². The Balaban J connectivity index is 1.93. The van der Waals surface area contributed by atoms with Crippen molar-refractivity contribution in [3.05, 3.63) is 63.6 Å². The van der Waals surface area contributed by atoms with E-state index in [9.17, 15) is 0 Å². The van der Waals surface area contributed by atoms with Gasteiger partial charge in [0, 0.05) is 28.2 Å². The first-order valence-corrected chi connectivity index (χ1v) is 7.64. The van der Waals surface area contributed by atoms with Crippen molar-refractivity contribution in [2.45, 2.75) is 25.9 Å². The van der Waals surface area contributed by atoms with E-state index in [1.807, 2.05) is 30.3 Å². The minimum absolute atomic E-state index is 0.342. The van der Waals surface area contributed by atoms with E-state index in [2.05, 4.69) is 24.4 Å². The number of methoxy groups -OCH3 is 1. The lowest BCUT2D eigenvalue weighted by Crippen LogP contribution is -2.27. The molecule has 0 radical (unpaired) electrons. The first-order chi connectivity index (χ1) is 10.1. The van der Waals surface area contributed by atoms with Gasteiger partial charge in [-0.1, -0.05) is 35.3 Å². The van der Waals surface area contributed by atoms with E-state index in [1.165, 1.54) is 5.56 Å². The van der Waals surface area contributed by atoms with Crippen LogP contribution >= 0.6 is 23.2 Å². The summed E-state index contributed by atoms with van der Waals surface area (Å²) in [5, 5.41) is 4.98. The van der Waals surface area contributed by atoms with Crippen LogP contribution in [-0.4, -0.2) is 13.2 Å². The van der Waals surface area contributed by atoms with Gasteiger partial charge in [-0.3, -0.25) is 0 Å². The Morgan fingerprint density at radius 3 is 2.38 bits per heavy atom. The molecular formula is C17H19Cl2NO. The van der Waals surface area contributed by atoms with Crippen LogP contribution < -0.4 is 10.1 Å². The highest BCUT2D eigenvalue weighted by Gasteiger charge is 2.07. The molecule has 0 saturated heterocycles. The van der Waals surface area contributed by atoms with Crippen molar-refractivity contribution in [1.29, 1.82) is 0 Å². The molecule has 0 fully saturated rings. The molecule has 2 nitrogen and oxygen atoms in total. The maximum Gasteiger partial charge on any atom is 0.123 e. The molecule has 1 atom stereocenters. The molecule has 0 spiro atoms. The zero-order chi connectivity index (χ0) is 15.2. The first kappa shape index (κ1) is 16.2. The molecule has 0 aliphatic rings. The number of halogens is 2. The van der Waals surface area contributed by atoms with Gasteiger partial charge >= 0.3 is 0 Å². The molecule has 21 heavy (non-hydrogen) atoms. The average molecular weight is 324 g/mol. The Bertz CT molecular complexity index is 584. The summed E-state index contributed by atoms with van der Waals surface area (Å²) in [6.07, 6.45) is 0.944. The summed E-state index contributed by atoms with van der Waals surface area (Å²) in [4.78, 5) is 0. The zero-order valence-electron chi connectivity index (χ0n) is 12.2. The summed E-state index contributed by atoms with van der Waals surface area (Å²) in [5.41, 5.74) is 2.32. The zero-order valence-corrected chi connectivity index (χ0v) is 13.7. The van der Waals surface area contributed by atoms with Crippen molar-refractivity contribution in [3.63, 3.8) is 0 Å². The Hall–Kier alpha value is -1.22. The molecule has 0 amide bonds. The summed E-state index contributed by atoms with van der Waals surface area (Å²) in [7, 11) is 1.67. The van der Waals surface area contributed by atoms with Gasteiger partial charge < -0.3 is 10.1 Å². The third kappa shape index (κ3) is 4.92. The predicted octanol–water partition coefficient (Wildman–Crippen LogP) is 4.72. The standard InChI is InChI=1S/C17H19Cl2NO/c1-12(9-13-3-5-15(18)6-4-13)20-11-14-10-16(19)7-8-17(14)21-2/h3-8,10,12,20H,9,11H2,1-2H3. The van der Waals surface area contributed by atoms with E-state index >= 15 is 0 Å². The third-order valence-corrected chi connectivity index (χ3v) is 3.83. The monoisotopic (exact) mass is 323 g/mol. The van der Waals surface area contributed by atoms with Crippen LogP contribution in [0, 0.1) is 0 Å². The average Bonchev–Trinajstić information content (AvgIpc) is 2.48. The second-order valence-electron chi connectivity index (χ2n) is 5.07. The van der Waals surface area contributed by atoms with Crippen molar-refractivity contribution in [2.24, 2.45) is 0 Å². The highest BCUT2D eigenvalue weighted by Crippen LogP contribution is 2.22. The molecule has 0 saturated carbocycles. The lowest BCUT2D eigenvalue weighted by molar-refractivity contribution is 0.405. The van der Waals surface area contributed by atoms with Gasteiger partial charge in [-0.25, -0.2) is 0 Å². The number of benzene rings is 2. The van der Waals surface area contributed by atoms with Crippen molar-refractivity contribution >= 4 is 23.2 Å². The fourth-order valence-corrected chi connectivity index (χ4v) is 2.54. The highest BCUT2D eigenvalue weighted by atomic mass is 35.5. The Morgan fingerprint density at radius 1 is 1.05 bits per heavy atom. The minimum atomic E-state index is 0.342. The van der Waals surface area contributed by atoms with Gasteiger partial charge in [-0.05, 0) is 49.2 Å². The van der Waals surface area contributed by atoms with E-state index < -0.39 is 0 Å². The van der Waals surface area contributed by atoms with Crippen molar-refractivity contribution in [2.75, 3.05) is 7.11 Å². The third-order valence-electron chi connectivity index (χ3n) is 3.34. The summed E-state index contributed by atoms with van der Waals surface area (Å²) in [6.45, 7) is 2.88. The Labute approximate surface area is 136 Å². The van der Waals surface area contributed by atoms with E-state index in [4.69, 9.17) is 27.9 Å². The molecule has 0 heterocycles. The molecule has 4 heteroatoms. The summed E-state index contributed by atoms with van der Waals surface area (Å²) in [6, 6.07) is 14.0. The minimum Gasteiger partial charge on any atom is -0.496 e. The van der Waals surface area contributed by atoms with Gasteiger partial charge in [-0.2, -0.15) is 0 Å². The SMILES string of the molecule is COc1ccc(Cl)cc1CNC(C)Cc1ccc(Cl)cc1. The summed E-state index contributed by atoms with van der Waals surface area (Å²) < 4.78 is 5.35. The molecule has 112 valence electrons. The fraction of sp³-hybridized carbons (Fsp3) is 0.294. The molecule has 0 bridgehead atoms. The normalized spacial score (nSPS) is 12.2. The first-order valence-electron chi connectivity index (χ1n) is 6.88. The highest BCUT2D eigenvalue weighted by molar-refractivity contribution is 6.30. The van der Waals surface area contributed by atoms with Crippen molar-refractivity contribution in [1.82, 2.24) is 5.32 Å². The molecule has 0 aliphatic carbocycles. The van der Waals surface area contributed by atoms with Gasteiger partial charge in [0.05, 0.1) is 7.11 Å². The maximum absolute atomic E-state index is 6.04. The lowest BCUT2D eigenvalue weighted by Gasteiger charge is -2.16. The number of rotatable bonds is 6. The van der Waals surface area contributed by atoms with Crippen LogP contribution in [0.4, 0.5) is 0 Å². The fourth-order valence-electron chi connectivity index (χ4n) is 2.22. The number of nitrogens with one attached hydrogen (secondary N) is 1. The topological polar surface area (TPSA) is 21.3 Å². The van der Waals surface area contributed by atoms with E-state index in [1.54, 1.807) is 7.11 Å². The van der Waals surface area contributed by atoms with Gasteiger partial charge in [0.15, 0.2) is 0 Å². The van der Waals surface area contributed by atoms with Crippen LogP contribution in [0.2, 0.25) is 10.0 Å². The summed E-state index contributed by atoms with van der Waals surface area (Å²) in [5.74, 6) is 0.852. The largest absolute Gasteiger partial charge is 0.496 e. The van der Waals surface area contributed by atoms with Crippen LogP contribution in [0.5, 0.6) is 5.75 Å². The van der Waals surface area contributed by atoms with Gasteiger partial charge in [-0.15, -0.1) is 0 Å². The maximum atomic E-state index is 6.04. The number of hydrogen-bond donors (Lipinski definition) is 1. The smallest absolute Gasteiger partial charge is 0.123 e. The molecule has 2 aromatic carbocycles. The lowest BCUT2D eigenvalue weighted by atomic mass is 10.1. The quantitative estimate of drug-likeness (QED) is 0.830. The molecule has 0 aliphatic heterocycles. The van der Waals surface area contributed by atoms with Crippen LogP contribution in [0.1, 0.15) is 18.1 Å². The predicted molar refractivity (Wildman–Crippen MR) is 89.5 cm³/mol. The Morgan fingerprint density at radius 2 is 1.71 bits per heavy atom. The molecular weight excluding hydrogens is 305 g/mol. The van der Waals surface area contributed by atoms with Crippen LogP contribution in [0.15, 0.2) is 42.5 Å². The van der Waals surface area contributed by atoms with Crippen LogP contribution in [0.3, 0.4) is 0 Å². The van der Waals surface area contributed by atoms with Crippen molar-refractivity contribution < 1.29 is 4.74 Å². The van der Waals surface area contributed by atoms with E-state index in [0.29, 0.717) is 6.04 Å². The Kier molecular flexibility index (Phi) is 5.92. The second-order valence-corrected chi connectivity index (χ2v) is 5.94. The molecule has 2 aromatic rings.